The van der Waals surface area contributed by atoms with Crippen molar-refractivity contribution < 1.29 is 10.2 Å². The average molecular weight is 379 g/mol. The Balaban J connectivity index is 2.39. The average Bonchev–Trinajstić information content (AvgIpc) is 2.59. The Morgan fingerprint density at radius 3 is 1.57 bits per heavy atom. The Hall–Kier alpha value is -1.96. The minimum absolute atomic E-state index is 0.203. The number of benzene rings is 2. The van der Waals surface area contributed by atoms with Crippen molar-refractivity contribution in [3.63, 3.8) is 0 Å². The number of phenolic OH excluding ortho intramolecular Hbond substituents is 2. The zero-order chi connectivity index (χ0) is 20.7. The van der Waals surface area contributed by atoms with Crippen molar-refractivity contribution in [2.24, 2.45) is 0 Å². The van der Waals surface area contributed by atoms with Crippen molar-refractivity contribution in [1.82, 2.24) is 0 Å². The maximum atomic E-state index is 10.8. The van der Waals surface area contributed by atoms with Gasteiger partial charge in [0.25, 0.3) is 0 Å². The molecule has 2 nitrogen and oxygen atoms in total. The largest absolute Gasteiger partial charge is 0.508 e. The second-order valence-corrected chi connectivity index (χ2v) is 10.2. The topological polar surface area (TPSA) is 40.5 Å². The lowest BCUT2D eigenvalue weighted by Crippen LogP contribution is -2.36. The summed E-state index contributed by atoms with van der Waals surface area (Å²) < 4.78 is 0. The highest BCUT2D eigenvalue weighted by atomic mass is 16.3. The molecule has 1 saturated carbocycles. The second kappa shape index (κ2) is 7.13. The van der Waals surface area contributed by atoms with Crippen LogP contribution in [0.2, 0.25) is 0 Å². The van der Waals surface area contributed by atoms with Crippen molar-refractivity contribution in [1.29, 1.82) is 0 Å². The molecule has 150 valence electrons. The third-order valence-electron chi connectivity index (χ3n) is 5.91. The van der Waals surface area contributed by atoms with Gasteiger partial charge in [-0.05, 0) is 53.4 Å². The van der Waals surface area contributed by atoms with E-state index in [0.29, 0.717) is 11.5 Å². The first-order valence-corrected chi connectivity index (χ1v) is 10.4. The van der Waals surface area contributed by atoms with E-state index in [1.54, 1.807) is 12.1 Å². The Labute approximate surface area is 170 Å². The summed E-state index contributed by atoms with van der Waals surface area (Å²) in [4.78, 5) is 0. The summed E-state index contributed by atoms with van der Waals surface area (Å²) in [5.74, 6) is 0.684. The van der Waals surface area contributed by atoms with Crippen LogP contribution in [0.1, 0.15) is 89.5 Å². The molecule has 0 aliphatic heterocycles. The summed E-state index contributed by atoms with van der Waals surface area (Å²) >= 11 is 0. The van der Waals surface area contributed by atoms with Gasteiger partial charge in [0, 0.05) is 16.5 Å². The van der Waals surface area contributed by atoms with E-state index < -0.39 is 5.41 Å². The van der Waals surface area contributed by atoms with Crippen molar-refractivity contribution in [3.05, 3.63) is 65.1 Å². The Morgan fingerprint density at radius 2 is 1.21 bits per heavy atom. The van der Waals surface area contributed by atoms with Crippen LogP contribution in [0.3, 0.4) is 0 Å². The zero-order valence-electron chi connectivity index (χ0n) is 18.2. The number of aromatic hydroxyl groups is 2. The van der Waals surface area contributed by atoms with Gasteiger partial charge in [-0.3, -0.25) is 0 Å². The van der Waals surface area contributed by atoms with Gasteiger partial charge in [-0.25, -0.2) is 0 Å². The Bertz CT molecular complexity index is 778. The molecule has 0 aromatic heterocycles. The van der Waals surface area contributed by atoms with Gasteiger partial charge in [-0.1, -0.05) is 78.6 Å². The van der Waals surface area contributed by atoms with Crippen molar-refractivity contribution in [3.8, 4) is 11.5 Å². The van der Waals surface area contributed by atoms with Crippen LogP contribution in [0.15, 0.2) is 36.4 Å². The van der Waals surface area contributed by atoms with E-state index in [1.165, 1.54) is 0 Å². The summed E-state index contributed by atoms with van der Waals surface area (Å²) in [5.41, 5.74) is 3.37. The number of hydrogen-bond donors (Lipinski definition) is 2. The standard InChI is InChI=1S/C26H34O2/c1-24(2,3)22-18(12-10-14-20(22)27)26(16-8-7-9-17-26)19-13-11-15-21(28)23(19)25(4,5)6/h10-15,27-28H,7-9,16H2,1-6H3. The SMILES string of the molecule is CC(C)(C)c1c(O)cccc1C1(c2cccc(O)c2C(C)(C)C)[C]CCCC1. The third kappa shape index (κ3) is 3.54. The fourth-order valence-corrected chi connectivity index (χ4v) is 4.88. The lowest BCUT2D eigenvalue weighted by Gasteiger charge is -2.44. The van der Waals surface area contributed by atoms with Crippen LogP contribution < -0.4 is 0 Å². The molecule has 1 aliphatic carbocycles. The minimum Gasteiger partial charge on any atom is -0.508 e. The molecule has 0 atom stereocenters. The number of rotatable bonds is 2. The summed E-state index contributed by atoms with van der Waals surface area (Å²) in [5, 5.41) is 21.7. The monoisotopic (exact) mass is 378 g/mol. The van der Waals surface area contributed by atoms with Crippen molar-refractivity contribution in [2.75, 3.05) is 0 Å². The third-order valence-corrected chi connectivity index (χ3v) is 5.91. The molecular formula is C26H34O2. The fraction of sp³-hybridized carbons (Fsp3) is 0.500. The quantitative estimate of drug-likeness (QED) is 0.615. The van der Waals surface area contributed by atoms with Crippen LogP contribution in [0, 0.1) is 6.42 Å². The summed E-state index contributed by atoms with van der Waals surface area (Å²) in [6.45, 7) is 12.9. The molecule has 0 amide bonds. The van der Waals surface area contributed by atoms with E-state index in [0.717, 1.165) is 47.9 Å². The Morgan fingerprint density at radius 1 is 0.750 bits per heavy atom. The van der Waals surface area contributed by atoms with Gasteiger partial charge in [0.2, 0.25) is 0 Å². The van der Waals surface area contributed by atoms with E-state index in [1.807, 2.05) is 12.1 Å². The predicted octanol–water partition coefficient (Wildman–Crippen LogP) is 6.63. The molecule has 1 aliphatic rings. The second-order valence-electron chi connectivity index (χ2n) is 10.2. The predicted molar refractivity (Wildman–Crippen MR) is 116 cm³/mol. The highest BCUT2D eigenvalue weighted by Crippen LogP contribution is 2.52. The van der Waals surface area contributed by atoms with E-state index in [4.69, 9.17) is 0 Å². The normalized spacial score (nSPS) is 17.5. The molecule has 0 heterocycles. The van der Waals surface area contributed by atoms with Gasteiger partial charge in [-0.2, -0.15) is 0 Å². The first kappa shape index (κ1) is 20.8. The number of hydrogen-bond acceptors (Lipinski definition) is 2. The molecular weight excluding hydrogens is 344 g/mol. The molecule has 0 bridgehead atoms. The van der Waals surface area contributed by atoms with Crippen LogP contribution in [-0.4, -0.2) is 10.2 Å². The molecule has 0 saturated heterocycles. The maximum Gasteiger partial charge on any atom is 0.119 e. The zero-order valence-corrected chi connectivity index (χ0v) is 18.2. The van der Waals surface area contributed by atoms with Gasteiger partial charge in [0.05, 0.1) is 0 Å². The maximum absolute atomic E-state index is 10.8. The molecule has 2 radical (unpaired) electrons. The molecule has 2 aromatic carbocycles. The lowest BCUT2D eigenvalue weighted by atomic mass is 9.59. The van der Waals surface area contributed by atoms with Gasteiger partial charge >= 0.3 is 0 Å². The molecule has 0 spiro atoms. The lowest BCUT2D eigenvalue weighted by molar-refractivity contribution is 0.393. The van der Waals surface area contributed by atoms with Crippen molar-refractivity contribution >= 4 is 0 Å². The molecule has 2 heteroatoms. The smallest absolute Gasteiger partial charge is 0.119 e. The molecule has 28 heavy (non-hydrogen) atoms. The number of phenols is 2. The van der Waals surface area contributed by atoms with Crippen LogP contribution in [0.4, 0.5) is 0 Å². The summed E-state index contributed by atoms with van der Waals surface area (Å²) in [6.07, 6.45) is 7.91. The van der Waals surface area contributed by atoms with Gasteiger partial charge in [-0.15, -0.1) is 0 Å². The molecule has 1 fully saturated rings. The van der Waals surface area contributed by atoms with E-state index in [-0.39, 0.29) is 10.8 Å². The van der Waals surface area contributed by atoms with E-state index >= 15 is 0 Å². The van der Waals surface area contributed by atoms with E-state index in [2.05, 4.69) is 60.1 Å². The Kier molecular flexibility index (Phi) is 5.29. The van der Waals surface area contributed by atoms with E-state index in [9.17, 15) is 10.2 Å². The molecule has 0 unspecified atom stereocenters. The van der Waals surface area contributed by atoms with Gasteiger partial charge in [0.1, 0.15) is 11.5 Å². The summed E-state index contributed by atoms with van der Waals surface area (Å²) in [6, 6.07) is 11.8. The van der Waals surface area contributed by atoms with Crippen LogP contribution in [0.25, 0.3) is 0 Å². The van der Waals surface area contributed by atoms with Crippen LogP contribution in [-0.2, 0) is 16.2 Å². The van der Waals surface area contributed by atoms with Crippen LogP contribution >= 0.6 is 0 Å². The molecule has 3 rings (SSSR count). The highest BCUT2D eigenvalue weighted by Gasteiger charge is 2.43. The molecule has 2 N–H and O–H groups in total. The first-order chi connectivity index (χ1) is 13.0. The highest BCUT2D eigenvalue weighted by molar-refractivity contribution is 5.58. The minimum atomic E-state index is -0.430. The van der Waals surface area contributed by atoms with Gasteiger partial charge < -0.3 is 10.2 Å². The molecule has 2 aromatic rings. The fourth-order valence-electron chi connectivity index (χ4n) is 4.88. The van der Waals surface area contributed by atoms with Gasteiger partial charge in [0.15, 0.2) is 0 Å². The van der Waals surface area contributed by atoms with Crippen LogP contribution in [0.5, 0.6) is 11.5 Å². The summed E-state index contributed by atoms with van der Waals surface area (Å²) in [7, 11) is 0. The van der Waals surface area contributed by atoms with Crippen molar-refractivity contribution in [2.45, 2.75) is 83.5 Å². The first-order valence-electron chi connectivity index (χ1n) is 10.4.